The number of rotatable bonds is 2. The maximum Gasteiger partial charge on any atom is 0.299 e. The number of para-hydroxylation sites is 1. The Morgan fingerprint density at radius 3 is 2.81 bits per heavy atom. The van der Waals surface area contributed by atoms with Crippen LogP contribution in [0.5, 0.6) is 0 Å². The van der Waals surface area contributed by atoms with Crippen LogP contribution in [-0.4, -0.2) is 18.2 Å². The van der Waals surface area contributed by atoms with Gasteiger partial charge in [-0.1, -0.05) is 18.2 Å². The number of carbonyl (C=O) groups is 2. The van der Waals surface area contributed by atoms with Gasteiger partial charge >= 0.3 is 0 Å². The van der Waals surface area contributed by atoms with E-state index in [1.165, 1.54) is 18.2 Å². The summed E-state index contributed by atoms with van der Waals surface area (Å²) in [5, 5.41) is 0. The number of fused-ring (bicyclic) bond motifs is 1. The number of halogens is 1. The van der Waals surface area contributed by atoms with E-state index < -0.39 is 17.5 Å². The molecule has 0 bridgehead atoms. The Morgan fingerprint density at radius 1 is 1.38 bits per heavy atom. The Bertz CT molecular complexity index is 494. The molecule has 1 aromatic carbocycles. The third-order valence-corrected chi connectivity index (χ3v) is 2.46. The molecule has 1 aliphatic heterocycles. The minimum Gasteiger partial charge on any atom is -0.298 e. The van der Waals surface area contributed by atoms with Crippen LogP contribution in [0.25, 0.3) is 0 Å². The number of allylic oxidation sites excluding steroid dienone is 1. The summed E-state index contributed by atoms with van der Waals surface area (Å²) in [4.78, 5) is 24.3. The molecule has 82 valence electrons. The molecule has 0 aromatic heterocycles. The summed E-state index contributed by atoms with van der Waals surface area (Å²) in [6, 6.07) is 4.14. The highest BCUT2D eigenvalue weighted by Gasteiger charge is 2.37. The molecular weight excluding hydrogens is 209 g/mol. The van der Waals surface area contributed by atoms with Gasteiger partial charge in [-0.2, -0.15) is 0 Å². The Kier molecular flexibility index (Phi) is 2.56. The van der Waals surface area contributed by atoms with Crippen LogP contribution in [0.2, 0.25) is 0 Å². The highest BCUT2D eigenvalue weighted by Crippen LogP contribution is 2.31. The Morgan fingerprint density at radius 2 is 2.12 bits per heavy atom. The number of anilines is 1. The number of ketones is 1. The van der Waals surface area contributed by atoms with E-state index in [-0.39, 0.29) is 17.8 Å². The quantitative estimate of drug-likeness (QED) is 0.563. The molecular formula is C12H10FNO2. The van der Waals surface area contributed by atoms with Crippen molar-refractivity contribution in [2.45, 2.75) is 6.92 Å². The van der Waals surface area contributed by atoms with Crippen molar-refractivity contribution in [3.8, 4) is 0 Å². The molecule has 1 aliphatic rings. The SMILES string of the molecule is CC=CCN1C(=O)C(=O)c2cccc(F)c21. The van der Waals surface area contributed by atoms with Crippen LogP contribution < -0.4 is 4.90 Å². The summed E-state index contributed by atoms with van der Waals surface area (Å²) < 4.78 is 13.5. The lowest BCUT2D eigenvalue weighted by atomic mass is 10.1. The number of carbonyl (C=O) groups excluding carboxylic acids is 2. The zero-order chi connectivity index (χ0) is 11.7. The highest BCUT2D eigenvalue weighted by molar-refractivity contribution is 6.52. The smallest absolute Gasteiger partial charge is 0.298 e. The molecule has 0 aliphatic carbocycles. The van der Waals surface area contributed by atoms with Crippen molar-refractivity contribution in [2.24, 2.45) is 0 Å². The van der Waals surface area contributed by atoms with Gasteiger partial charge in [-0.15, -0.1) is 0 Å². The molecule has 0 N–H and O–H groups in total. The van der Waals surface area contributed by atoms with Crippen molar-refractivity contribution in [2.75, 3.05) is 11.4 Å². The second-order valence-electron chi connectivity index (χ2n) is 3.45. The molecule has 4 heteroatoms. The van der Waals surface area contributed by atoms with E-state index in [0.29, 0.717) is 0 Å². The van der Waals surface area contributed by atoms with Gasteiger partial charge in [0.2, 0.25) is 0 Å². The fourth-order valence-electron chi connectivity index (χ4n) is 1.70. The Labute approximate surface area is 92.2 Å². The van der Waals surface area contributed by atoms with Gasteiger partial charge in [0.05, 0.1) is 11.3 Å². The summed E-state index contributed by atoms with van der Waals surface area (Å²) in [5.74, 6) is -1.85. The van der Waals surface area contributed by atoms with Crippen LogP contribution in [0.4, 0.5) is 10.1 Å². The predicted octanol–water partition coefficient (Wildman–Crippen LogP) is 1.93. The lowest BCUT2D eigenvalue weighted by molar-refractivity contribution is -0.114. The largest absolute Gasteiger partial charge is 0.299 e. The standard InChI is InChI=1S/C12H10FNO2/c1-2-3-7-14-10-8(11(15)12(14)16)5-4-6-9(10)13/h2-6H,7H2,1H3. The molecule has 0 saturated heterocycles. The number of benzene rings is 1. The highest BCUT2D eigenvalue weighted by atomic mass is 19.1. The molecule has 0 atom stereocenters. The van der Waals surface area contributed by atoms with Gasteiger partial charge in [-0.3, -0.25) is 14.5 Å². The average molecular weight is 219 g/mol. The fraction of sp³-hybridized carbons (Fsp3) is 0.167. The number of Topliss-reactive ketones (excluding diaryl/α,β-unsaturated/α-hetero) is 1. The maximum absolute atomic E-state index is 13.5. The first-order valence-corrected chi connectivity index (χ1v) is 4.92. The van der Waals surface area contributed by atoms with Crippen molar-refractivity contribution >= 4 is 17.4 Å². The van der Waals surface area contributed by atoms with Gasteiger partial charge in [0.25, 0.3) is 11.7 Å². The van der Waals surface area contributed by atoms with Crippen LogP contribution in [0.15, 0.2) is 30.4 Å². The third kappa shape index (κ3) is 1.43. The van der Waals surface area contributed by atoms with Crippen LogP contribution in [0.3, 0.4) is 0 Å². The maximum atomic E-state index is 13.5. The van der Waals surface area contributed by atoms with E-state index in [2.05, 4.69) is 0 Å². The van der Waals surface area contributed by atoms with E-state index in [0.717, 1.165) is 4.90 Å². The van der Waals surface area contributed by atoms with E-state index in [1.54, 1.807) is 19.1 Å². The molecule has 2 rings (SSSR count). The minimum absolute atomic E-state index is 0.0931. The van der Waals surface area contributed by atoms with Crippen LogP contribution in [0, 0.1) is 5.82 Å². The van der Waals surface area contributed by atoms with Gasteiger partial charge in [-0.25, -0.2) is 4.39 Å². The van der Waals surface area contributed by atoms with Crippen molar-refractivity contribution in [3.63, 3.8) is 0 Å². The van der Waals surface area contributed by atoms with Crippen molar-refractivity contribution in [1.29, 1.82) is 0 Å². The molecule has 1 aromatic rings. The molecule has 0 saturated carbocycles. The monoisotopic (exact) mass is 219 g/mol. The fourth-order valence-corrected chi connectivity index (χ4v) is 1.70. The van der Waals surface area contributed by atoms with E-state index in [4.69, 9.17) is 0 Å². The summed E-state index contributed by atoms with van der Waals surface area (Å²) in [6.07, 6.45) is 3.45. The summed E-state index contributed by atoms with van der Waals surface area (Å²) in [7, 11) is 0. The minimum atomic E-state index is -0.668. The second kappa shape index (κ2) is 3.89. The normalized spacial score (nSPS) is 15.0. The Balaban J connectivity index is 2.51. The topological polar surface area (TPSA) is 37.4 Å². The van der Waals surface area contributed by atoms with E-state index in [9.17, 15) is 14.0 Å². The summed E-state index contributed by atoms with van der Waals surface area (Å²) in [5.41, 5.74) is 0.241. The van der Waals surface area contributed by atoms with Gasteiger partial charge in [0.1, 0.15) is 5.82 Å². The first-order valence-electron chi connectivity index (χ1n) is 4.92. The molecule has 0 unspecified atom stereocenters. The molecule has 1 amide bonds. The van der Waals surface area contributed by atoms with Crippen molar-refractivity contribution in [1.82, 2.24) is 0 Å². The molecule has 3 nitrogen and oxygen atoms in total. The first kappa shape index (κ1) is 10.5. The van der Waals surface area contributed by atoms with Gasteiger partial charge in [0, 0.05) is 6.54 Å². The lowest BCUT2D eigenvalue weighted by Crippen LogP contribution is -2.30. The van der Waals surface area contributed by atoms with E-state index in [1.807, 2.05) is 0 Å². The lowest BCUT2D eigenvalue weighted by Gasteiger charge is -2.14. The molecule has 0 spiro atoms. The van der Waals surface area contributed by atoms with E-state index >= 15 is 0 Å². The predicted molar refractivity (Wildman–Crippen MR) is 57.9 cm³/mol. The number of nitrogens with zero attached hydrogens (tertiary/aromatic N) is 1. The van der Waals surface area contributed by atoms with Gasteiger partial charge in [0.15, 0.2) is 0 Å². The van der Waals surface area contributed by atoms with Gasteiger partial charge in [-0.05, 0) is 19.1 Å². The van der Waals surface area contributed by atoms with Crippen LogP contribution >= 0.6 is 0 Å². The zero-order valence-corrected chi connectivity index (χ0v) is 8.74. The van der Waals surface area contributed by atoms with Crippen LogP contribution in [-0.2, 0) is 4.79 Å². The molecule has 0 fully saturated rings. The molecule has 16 heavy (non-hydrogen) atoms. The third-order valence-electron chi connectivity index (χ3n) is 2.46. The zero-order valence-electron chi connectivity index (χ0n) is 8.74. The van der Waals surface area contributed by atoms with Crippen LogP contribution in [0.1, 0.15) is 17.3 Å². The summed E-state index contributed by atoms with van der Waals surface area (Å²) >= 11 is 0. The summed E-state index contributed by atoms with van der Waals surface area (Å²) in [6.45, 7) is 2.01. The number of hydrogen-bond acceptors (Lipinski definition) is 2. The molecule has 1 heterocycles. The van der Waals surface area contributed by atoms with Gasteiger partial charge < -0.3 is 0 Å². The number of amides is 1. The Hall–Kier alpha value is -1.97. The number of hydrogen-bond donors (Lipinski definition) is 0. The molecule has 0 radical (unpaired) electrons. The first-order chi connectivity index (χ1) is 7.66. The van der Waals surface area contributed by atoms with Crippen molar-refractivity contribution in [3.05, 3.63) is 41.7 Å². The average Bonchev–Trinajstić information content (AvgIpc) is 2.52. The van der Waals surface area contributed by atoms with Crippen molar-refractivity contribution < 1.29 is 14.0 Å². The second-order valence-corrected chi connectivity index (χ2v) is 3.45.